The molecular formula is C18H26BrFN2O2. The fraction of sp³-hybridized carbons (Fsp3) is 0.611. The zero-order valence-electron chi connectivity index (χ0n) is 14.7. The number of halogens is 2. The molecule has 1 aliphatic rings. The normalized spacial score (nSPS) is 19.9. The van der Waals surface area contributed by atoms with Crippen molar-refractivity contribution in [3.05, 3.63) is 34.1 Å². The van der Waals surface area contributed by atoms with Gasteiger partial charge in [0.15, 0.2) is 0 Å². The van der Waals surface area contributed by atoms with Crippen molar-refractivity contribution in [1.82, 2.24) is 10.2 Å². The molecule has 2 rings (SSSR count). The highest BCUT2D eigenvalue weighted by molar-refractivity contribution is 9.10. The molecule has 1 fully saturated rings. The zero-order valence-corrected chi connectivity index (χ0v) is 16.3. The number of amides is 1. The average molecular weight is 401 g/mol. The van der Waals surface area contributed by atoms with Crippen LogP contribution in [0.5, 0.6) is 0 Å². The van der Waals surface area contributed by atoms with Gasteiger partial charge in [-0.1, -0.05) is 22.0 Å². The smallest absolute Gasteiger partial charge is 0.410 e. The molecule has 134 valence electrons. The SMILES string of the molecule is CC(NC1CCCN(C(=O)OC(C)(C)C)C1)c1ccc(Br)cc1F. The van der Waals surface area contributed by atoms with E-state index >= 15 is 0 Å². The maximum atomic E-state index is 14.1. The summed E-state index contributed by atoms with van der Waals surface area (Å²) in [6.45, 7) is 8.82. The number of hydrogen-bond donors (Lipinski definition) is 1. The van der Waals surface area contributed by atoms with Gasteiger partial charge in [-0.25, -0.2) is 9.18 Å². The molecule has 2 atom stereocenters. The molecule has 0 aliphatic carbocycles. The second-order valence-electron chi connectivity index (χ2n) is 7.32. The fourth-order valence-corrected chi connectivity index (χ4v) is 3.23. The second-order valence-corrected chi connectivity index (χ2v) is 8.24. The van der Waals surface area contributed by atoms with Gasteiger partial charge >= 0.3 is 6.09 Å². The van der Waals surface area contributed by atoms with Crippen molar-refractivity contribution in [3.63, 3.8) is 0 Å². The third-order valence-corrected chi connectivity index (χ3v) is 4.48. The molecule has 2 unspecified atom stereocenters. The van der Waals surface area contributed by atoms with Crippen LogP contribution in [0.2, 0.25) is 0 Å². The van der Waals surface area contributed by atoms with Gasteiger partial charge in [0, 0.05) is 35.2 Å². The molecule has 1 saturated heterocycles. The Morgan fingerprint density at radius 1 is 1.46 bits per heavy atom. The van der Waals surface area contributed by atoms with E-state index in [-0.39, 0.29) is 24.0 Å². The van der Waals surface area contributed by atoms with Crippen molar-refractivity contribution in [1.29, 1.82) is 0 Å². The molecule has 1 amide bonds. The second kappa shape index (κ2) is 7.83. The van der Waals surface area contributed by atoms with Gasteiger partial charge in [-0.15, -0.1) is 0 Å². The monoisotopic (exact) mass is 400 g/mol. The lowest BCUT2D eigenvalue weighted by Crippen LogP contribution is -2.49. The van der Waals surface area contributed by atoms with Gasteiger partial charge in [-0.05, 0) is 52.7 Å². The van der Waals surface area contributed by atoms with Crippen molar-refractivity contribution in [2.24, 2.45) is 0 Å². The first kappa shape index (κ1) is 19.2. The van der Waals surface area contributed by atoms with Crippen LogP contribution in [-0.4, -0.2) is 35.7 Å². The van der Waals surface area contributed by atoms with E-state index in [1.54, 1.807) is 11.0 Å². The molecule has 1 heterocycles. The third-order valence-electron chi connectivity index (χ3n) is 3.99. The number of nitrogens with zero attached hydrogens (tertiary/aromatic N) is 1. The van der Waals surface area contributed by atoms with Crippen LogP contribution in [0.4, 0.5) is 9.18 Å². The number of rotatable bonds is 3. The number of nitrogens with one attached hydrogen (secondary N) is 1. The Balaban J connectivity index is 1.96. The Kier molecular flexibility index (Phi) is 6.26. The highest BCUT2D eigenvalue weighted by Crippen LogP contribution is 2.23. The van der Waals surface area contributed by atoms with Crippen LogP contribution < -0.4 is 5.32 Å². The number of benzene rings is 1. The molecule has 0 saturated carbocycles. The summed E-state index contributed by atoms with van der Waals surface area (Å²) >= 11 is 3.27. The van der Waals surface area contributed by atoms with Crippen molar-refractivity contribution in [2.75, 3.05) is 13.1 Å². The Morgan fingerprint density at radius 2 is 2.17 bits per heavy atom. The molecule has 1 N–H and O–H groups in total. The number of hydrogen-bond acceptors (Lipinski definition) is 3. The molecule has 1 aliphatic heterocycles. The van der Waals surface area contributed by atoms with Crippen LogP contribution in [-0.2, 0) is 4.74 Å². The van der Waals surface area contributed by atoms with Crippen molar-refractivity contribution < 1.29 is 13.9 Å². The summed E-state index contributed by atoms with van der Waals surface area (Å²) in [6, 6.07) is 5.10. The van der Waals surface area contributed by atoms with E-state index in [9.17, 15) is 9.18 Å². The summed E-state index contributed by atoms with van der Waals surface area (Å²) in [4.78, 5) is 14.0. The van der Waals surface area contributed by atoms with Crippen LogP contribution >= 0.6 is 15.9 Å². The summed E-state index contributed by atoms with van der Waals surface area (Å²) in [7, 11) is 0. The third kappa shape index (κ3) is 5.45. The minimum absolute atomic E-state index is 0.123. The first-order chi connectivity index (χ1) is 11.2. The Morgan fingerprint density at radius 3 is 2.79 bits per heavy atom. The lowest BCUT2D eigenvalue weighted by molar-refractivity contribution is 0.0183. The molecule has 0 aromatic heterocycles. The predicted molar refractivity (Wildman–Crippen MR) is 96.5 cm³/mol. The number of carbonyl (C=O) groups is 1. The number of carbonyl (C=O) groups excluding carboxylic acids is 1. The lowest BCUT2D eigenvalue weighted by Gasteiger charge is -2.35. The Bertz CT molecular complexity index is 589. The van der Waals surface area contributed by atoms with E-state index < -0.39 is 5.60 Å². The average Bonchev–Trinajstić information content (AvgIpc) is 2.45. The maximum Gasteiger partial charge on any atom is 0.410 e. The summed E-state index contributed by atoms with van der Waals surface area (Å²) < 4.78 is 20.3. The first-order valence-electron chi connectivity index (χ1n) is 8.34. The summed E-state index contributed by atoms with van der Waals surface area (Å²) in [5, 5.41) is 3.44. The number of ether oxygens (including phenoxy) is 1. The van der Waals surface area contributed by atoms with Gasteiger partial charge in [0.1, 0.15) is 11.4 Å². The van der Waals surface area contributed by atoms with Gasteiger partial charge in [0.05, 0.1) is 0 Å². The van der Waals surface area contributed by atoms with E-state index in [1.807, 2.05) is 33.8 Å². The van der Waals surface area contributed by atoms with Gasteiger partial charge < -0.3 is 15.0 Å². The standard InChI is InChI=1S/C18H26BrFN2O2/c1-12(15-8-7-13(19)10-16(15)20)21-14-6-5-9-22(11-14)17(23)24-18(2,3)4/h7-8,10,12,14,21H,5-6,9,11H2,1-4H3. The molecule has 0 radical (unpaired) electrons. The van der Waals surface area contributed by atoms with Crippen LogP contribution in [0.1, 0.15) is 52.1 Å². The molecule has 24 heavy (non-hydrogen) atoms. The van der Waals surface area contributed by atoms with Crippen LogP contribution in [0, 0.1) is 5.82 Å². The van der Waals surface area contributed by atoms with E-state index in [4.69, 9.17) is 4.74 Å². The van der Waals surface area contributed by atoms with Gasteiger partial charge in [0.25, 0.3) is 0 Å². The minimum Gasteiger partial charge on any atom is -0.444 e. The van der Waals surface area contributed by atoms with Crippen molar-refractivity contribution in [3.8, 4) is 0 Å². The Labute approximate surface area is 151 Å². The van der Waals surface area contributed by atoms with Crippen LogP contribution in [0.3, 0.4) is 0 Å². The first-order valence-corrected chi connectivity index (χ1v) is 9.14. The topological polar surface area (TPSA) is 41.6 Å². The highest BCUT2D eigenvalue weighted by Gasteiger charge is 2.28. The van der Waals surface area contributed by atoms with E-state index in [0.717, 1.165) is 17.3 Å². The molecule has 4 nitrogen and oxygen atoms in total. The lowest BCUT2D eigenvalue weighted by atomic mass is 10.0. The molecule has 1 aromatic rings. The molecule has 1 aromatic carbocycles. The van der Waals surface area contributed by atoms with Crippen molar-refractivity contribution >= 4 is 22.0 Å². The van der Waals surface area contributed by atoms with Gasteiger partial charge in [0.2, 0.25) is 0 Å². The van der Waals surface area contributed by atoms with Crippen molar-refractivity contribution in [2.45, 2.75) is 58.2 Å². The highest BCUT2D eigenvalue weighted by atomic mass is 79.9. The number of likely N-dealkylation sites (tertiary alicyclic amines) is 1. The quantitative estimate of drug-likeness (QED) is 0.803. The minimum atomic E-state index is -0.495. The zero-order chi connectivity index (χ0) is 17.9. The Hall–Kier alpha value is -1.14. The molecular weight excluding hydrogens is 375 g/mol. The van der Waals surface area contributed by atoms with E-state index in [2.05, 4.69) is 21.2 Å². The summed E-state index contributed by atoms with van der Waals surface area (Å²) in [5.74, 6) is -0.232. The van der Waals surface area contributed by atoms with E-state index in [0.29, 0.717) is 18.7 Å². The molecule has 0 spiro atoms. The van der Waals surface area contributed by atoms with Gasteiger partial charge in [-0.2, -0.15) is 0 Å². The summed E-state index contributed by atoms with van der Waals surface area (Å²) in [5.41, 5.74) is 0.137. The maximum absolute atomic E-state index is 14.1. The molecule has 0 bridgehead atoms. The summed E-state index contributed by atoms with van der Waals surface area (Å²) in [6.07, 6.45) is 1.59. The van der Waals surface area contributed by atoms with Crippen LogP contribution in [0.15, 0.2) is 22.7 Å². The molecule has 6 heteroatoms. The fourth-order valence-electron chi connectivity index (χ4n) is 2.90. The van der Waals surface area contributed by atoms with Crippen LogP contribution in [0.25, 0.3) is 0 Å². The van der Waals surface area contributed by atoms with Gasteiger partial charge in [-0.3, -0.25) is 0 Å². The van der Waals surface area contributed by atoms with E-state index in [1.165, 1.54) is 6.07 Å². The largest absolute Gasteiger partial charge is 0.444 e. The number of piperidine rings is 1. The predicted octanol–water partition coefficient (Wildman–Crippen LogP) is 4.64.